The molecule has 0 aromatic carbocycles. The maximum Gasteiger partial charge on any atom is 0.0501 e. The van der Waals surface area contributed by atoms with Crippen molar-refractivity contribution in [2.45, 2.75) is 45.6 Å². The van der Waals surface area contributed by atoms with Crippen LogP contribution in [-0.2, 0) is 4.74 Å². The average Bonchev–Trinajstić information content (AvgIpc) is 2.34. The summed E-state index contributed by atoms with van der Waals surface area (Å²) in [6, 6.07) is 0.671. The van der Waals surface area contributed by atoms with E-state index in [1.807, 2.05) is 0 Å². The van der Waals surface area contributed by atoms with Crippen LogP contribution >= 0.6 is 0 Å². The van der Waals surface area contributed by atoms with Gasteiger partial charge in [-0.05, 0) is 45.1 Å². The second-order valence-corrected chi connectivity index (χ2v) is 6.22. The van der Waals surface area contributed by atoms with Gasteiger partial charge in [-0.3, -0.25) is 0 Å². The highest BCUT2D eigenvalue weighted by atomic mass is 16.5. The maximum atomic E-state index is 9.73. The summed E-state index contributed by atoms with van der Waals surface area (Å²) in [5.41, 5.74) is 0.104. The Balaban J connectivity index is 1.93. The van der Waals surface area contributed by atoms with Crippen molar-refractivity contribution in [3.05, 3.63) is 0 Å². The molecule has 2 aliphatic rings. The molecule has 0 bridgehead atoms. The average molecular weight is 241 g/mol. The van der Waals surface area contributed by atoms with Gasteiger partial charge in [0, 0.05) is 31.2 Å². The Labute approximate surface area is 105 Å². The lowest BCUT2D eigenvalue weighted by atomic mass is 9.79. The summed E-state index contributed by atoms with van der Waals surface area (Å²) in [7, 11) is 0. The van der Waals surface area contributed by atoms with Gasteiger partial charge in [-0.2, -0.15) is 0 Å². The molecule has 0 radical (unpaired) electrons. The summed E-state index contributed by atoms with van der Waals surface area (Å²) in [6.07, 6.45) is 4.64. The van der Waals surface area contributed by atoms with E-state index in [2.05, 4.69) is 18.7 Å². The minimum absolute atomic E-state index is 0.104. The fraction of sp³-hybridized carbons (Fsp3) is 1.00. The normalized spacial score (nSPS) is 34.8. The van der Waals surface area contributed by atoms with Gasteiger partial charge >= 0.3 is 0 Å². The number of ether oxygens (including phenoxy) is 1. The predicted molar refractivity (Wildman–Crippen MR) is 69.0 cm³/mol. The summed E-state index contributed by atoms with van der Waals surface area (Å²) in [5, 5.41) is 9.73. The lowest BCUT2D eigenvalue weighted by molar-refractivity contribution is -0.0461. The molecule has 17 heavy (non-hydrogen) atoms. The lowest BCUT2D eigenvalue weighted by Crippen LogP contribution is -2.49. The first kappa shape index (κ1) is 13.3. The third-order valence-corrected chi connectivity index (χ3v) is 4.70. The van der Waals surface area contributed by atoms with Crippen LogP contribution in [0.4, 0.5) is 0 Å². The standard InChI is InChI=1S/C14H27NO2/c1-12-3-6-15(13(2)9-12)10-14(11-16)4-7-17-8-5-14/h12-13,16H,3-11H2,1-2H3. The van der Waals surface area contributed by atoms with E-state index in [1.54, 1.807) is 0 Å². The molecule has 0 saturated carbocycles. The molecule has 1 N–H and O–H groups in total. The van der Waals surface area contributed by atoms with Crippen molar-refractivity contribution >= 4 is 0 Å². The van der Waals surface area contributed by atoms with Crippen LogP contribution in [0.2, 0.25) is 0 Å². The molecular formula is C14H27NO2. The smallest absolute Gasteiger partial charge is 0.0501 e. The third-order valence-electron chi connectivity index (χ3n) is 4.70. The zero-order valence-corrected chi connectivity index (χ0v) is 11.3. The van der Waals surface area contributed by atoms with E-state index in [-0.39, 0.29) is 5.41 Å². The van der Waals surface area contributed by atoms with E-state index in [4.69, 9.17) is 4.74 Å². The Morgan fingerprint density at radius 3 is 2.59 bits per heavy atom. The summed E-state index contributed by atoms with van der Waals surface area (Å²) >= 11 is 0. The van der Waals surface area contributed by atoms with E-state index in [0.29, 0.717) is 12.6 Å². The molecule has 2 unspecified atom stereocenters. The highest BCUT2D eigenvalue weighted by Gasteiger charge is 2.36. The SMILES string of the molecule is CC1CCN(CC2(CO)CCOCC2)C(C)C1. The van der Waals surface area contributed by atoms with Crippen LogP contribution < -0.4 is 0 Å². The van der Waals surface area contributed by atoms with Crippen LogP contribution in [0.25, 0.3) is 0 Å². The Bertz CT molecular complexity index is 238. The summed E-state index contributed by atoms with van der Waals surface area (Å²) in [6.45, 7) is 8.89. The lowest BCUT2D eigenvalue weighted by Gasteiger charge is -2.44. The van der Waals surface area contributed by atoms with Gasteiger partial charge in [-0.25, -0.2) is 0 Å². The fourth-order valence-corrected chi connectivity index (χ4v) is 3.29. The topological polar surface area (TPSA) is 32.7 Å². The molecule has 0 aliphatic carbocycles. The van der Waals surface area contributed by atoms with Gasteiger partial charge in [0.2, 0.25) is 0 Å². The van der Waals surface area contributed by atoms with Crippen molar-refractivity contribution in [1.29, 1.82) is 0 Å². The van der Waals surface area contributed by atoms with Crippen LogP contribution in [0.5, 0.6) is 0 Å². The van der Waals surface area contributed by atoms with E-state index in [0.717, 1.165) is 38.5 Å². The quantitative estimate of drug-likeness (QED) is 0.819. The van der Waals surface area contributed by atoms with E-state index in [1.165, 1.54) is 19.4 Å². The number of piperidine rings is 1. The van der Waals surface area contributed by atoms with E-state index < -0.39 is 0 Å². The number of rotatable bonds is 3. The van der Waals surface area contributed by atoms with Gasteiger partial charge in [0.15, 0.2) is 0 Å². The first-order valence-electron chi connectivity index (χ1n) is 7.08. The molecule has 0 aromatic heterocycles. The van der Waals surface area contributed by atoms with Gasteiger partial charge < -0.3 is 14.7 Å². The number of hydrogen-bond acceptors (Lipinski definition) is 3. The summed E-state index contributed by atoms with van der Waals surface area (Å²) < 4.78 is 5.43. The summed E-state index contributed by atoms with van der Waals surface area (Å²) in [4.78, 5) is 2.58. The molecule has 2 atom stereocenters. The van der Waals surface area contributed by atoms with Gasteiger partial charge in [-0.1, -0.05) is 6.92 Å². The molecule has 2 fully saturated rings. The van der Waals surface area contributed by atoms with Crippen molar-refractivity contribution in [2.75, 3.05) is 32.9 Å². The van der Waals surface area contributed by atoms with Gasteiger partial charge in [0.1, 0.15) is 0 Å². The molecule has 0 spiro atoms. The molecule has 3 heteroatoms. The van der Waals surface area contributed by atoms with Crippen LogP contribution in [-0.4, -0.2) is 49.0 Å². The third kappa shape index (κ3) is 3.21. The van der Waals surface area contributed by atoms with Crippen molar-refractivity contribution in [3.8, 4) is 0 Å². The molecule has 100 valence electrons. The number of hydrogen-bond donors (Lipinski definition) is 1. The fourth-order valence-electron chi connectivity index (χ4n) is 3.29. The number of nitrogens with zero attached hydrogens (tertiary/aromatic N) is 1. The van der Waals surface area contributed by atoms with Crippen molar-refractivity contribution in [2.24, 2.45) is 11.3 Å². The highest BCUT2D eigenvalue weighted by molar-refractivity contribution is 4.88. The first-order valence-corrected chi connectivity index (χ1v) is 7.08. The van der Waals surface area contributed by atoms with Crippen LogP contribution in [0, 0.1) is 11.3 Å². The second-order valence-electron chi connectivity index (χ2n) is 6.22. The highest BCUT2D eigenvalue weighted by Crippen LogP contribution is 2.33. The van der Waals surface area contributed by atoms with Crippen molar-refractivity contribution in [3.63, 3.8) is 0 Å². The van der Waals surface area contributed by atoms with Gasteiger partial charge in [-0.15, -0.1) is 0 Å². The van der Waals surface area contributed by atoms with E-state index in [9.17, 15) is 5.11 Å². The minimum Gasteiger partial charge on any atom is -0.396 e. The maximum absolute atomic E-state index is 9.73. The van der Waals surface area contributed by atoms with Crippen LogP contribution in [0.1, 0.15) is 39.5 Å². The Morgan fingerprint density at radius 1 is 1.29 bits per heavy atom. The second kappa shape index (κ2) is 5.68. The van der Waals surface area contributed by atoms with Gasteiger partial charge in [0.25, 0.3) is 0 Å². The molecule has 3 nitrogen and oxygen atoms in total. The number of aliphatic hydroxyl groups excluding tert-OH is 1. The molecule has 0 amide bonds. The first-order chi connectivity index (χ1) is 8.15. The van der Waals surface area contributed by atoms with Crippen LogP contribution in [0.15, 0.2) is 0 Å². The number of likely N-dealkylation sites (tertiary alicyclic amines) is 1. The van der Waals surface area contributed by atoms with E-state index >= 15 is 0 Å². The summed E-state index contributed by atoms with van der Waals surface area (Å²) in [5.74, 6) is 0.862. The molecule has 2 saturated heterocycles. The Morgan fingerprint density at radius 2 is 2.00 bits per heavy atom. The zero-order chi connectivity index (χ0) is 12.3. The molecule has 2 heterocycles. The van der Waals surface area contributed by atoms with Crippen LogP contribution in [0.3, 0.4) is 0 Å². The monoisotopic (exact) mass is 241 g/mol. The number of aliphatic hydroxyl groups is 1. The van der Waals surface area contributed by atoms with Gasteiger partial charge in [0.05, 0.1) is 6.61 Å². The molecule has 2 rings (SSSR count). The predicted octanol–water partition coefficient (Wildman–Crippen LogP) is 1.90. The minimum atomic E-state index is 0.104. The Hall–Kier alpha value is -0.120. The Kier molecular flexibility index (Phi) is 4.45. The molecule has 2 aliphatic heterocycles. The van der Waals surface area contributed by atoms with Crippen molar-refractivity contribution in [1.82, 2.24) is 4.90 Å². The van der Waals surface area contributed by atoms with Crippen molar-refractivity contribution < 1.29 is 9.84 Å². The largest absolute Gasteiger partial charge is 0.396 e. The molecule has 0 aromatic rings. The molecular weight excluding hydrogens is 214 g/mol. The zero-order valence-electron chi connectivity index (χ0n) is 11.3.